The summed E-state index contributed by atoms with van der Waals surface area (Å²) in [7, 11) is 0. The Morgan fingerprint density at radius 3 is 2.00 bits per heavy atom. The SMILES string of the molecule is O=C(c1ccc(F)cc1)N1CCC(C(=O)N2CCN(c3ccccc3)CC2)CC1. The molecule has 2 aliphatic heterocycles. The van der Waals surface area contributed by atoms with E-state index in [0.717, 1.165) is 26.2 Å². The summed E-state index contributed by atoms with van der Waals surface area (Å²) in [6, 6.07) is 15.9. The molecule has 0 aromatic heterocycles. The van der Waals surface area contributed by atoms with E-state index in [1.165, 1.54) is 30.0 Å². The molecule has 0 bridgehead atoms. The van der Waals surface area contributed by atoms with Crippen LogP contribution in [-0.4, -0.2) is 60.9 Å². The van der Waals surface area contributed by atoms with Crippen molar-refractivity contribution in [1.82, 2.24) is 9.80 Å². The molecule has 2 heterocycles. The molecule has 5 nitrogen and oxygen atoms in total. The topological polar surface area (TPSA) is 43.9 Å². The number of para-hydroxylation sites is 1. The highest BCUT2D eigenvalue weighted by molar-refractivity contribution is 5.94. The molecule has 0 unspecified atom stereocenters. The summed E-state index contributed by atoms with van der Waals surface area (Å²) in [6.45, 7) is 4.30. The lowest BCUT2D eigenvalue weighted by molar-refractivity contribution is -0.137. The number of carbonyl (C=O) groups excluding carboxylic acids is 2. The van der Waals surface area contributed by atoms with Crippen molar-refractivity contribution in [1.29, 1.82) is 0 Å². The maximum atomic E-state index is 13.1. The minimum atomic E-state index is -0.349. The fourth-order valence-corrected chi connectivity index (χ4v) is 4.19. The van der Waals surface area contributed by atoms with Crippen molar-refractivity contribution in [3.8, 4) is 0 Å². The monoisotopic (exact) mass is 395 g/mol. The second-order valence-corrected chi connectivity index (χ2v) is 7.72. The van der Waals surface area contributed by atoms with Crippen molar-refractivity contribution >= 4 is 17.5 Å². The van der Waals surface area contributed by atoms with Crippen LogP contribution in [0.15, 0.2) is 54.6 Å². The Kier molecular flexibility index (Phi) is 5.79. The number of likely N-dealkylation sites (tertiary alicyclic amines) is 1. The van der Waals surface area contributed by atoms with Gasteiger partial charge in [0.2, 0.25) is 5.91 Å². The summed E-state index contributed by atoms with van der Waals surface area (Å²) < 4.78 is 13.1. The molecule has 152 valence electrons. The van der Waals surface area contributed by atoms with Gasteiger partial charge in [-0.1, -0.05) is 18.2 Å². The van der Waals surface area contributed by atoms with Gasteiger partial charge in [-0.3, -0.25) is 9.59 Å². The minimum absolute atomic E-state index is 0.0180. The van der Waals surface area contributed by atoms with Crippen molar-refractivity contribution in [3.05, 3.63) is 66.0 Å². The van der Waals surface area contributed by atoms with Crippen molar-refractivity contribution < 1.29 is 14.0 Å². The number of hydrogen-bond acceptors (Lipinski definition) is 3. The molecule has 2 saturated heterocycles. The molecule has 0 aliphatic carbocycles. The van der Waals surface area contributed by atoms with Gasteiger partial charge in [0.05, 0.1) is 0 Å². The summed E-state index contributed by atoms with van der Waals surface area (Å²) in [5.41, 5.74) is 1.69. The first-order valence-corrected chi connectivity index (χ1v) is 10.3. The van der Waals surface area contributed by atoms with Gasteiger partial charge in [-0.15, -0.1) is 0 Å². The van der Waals surface area contributed by atoms with E-state index < -0.39 is 0 Å². The van der Waals surface area contributed by atoms with Crippen molar-refractivity contribution in [3.63, 3.8) is 0 Å². The molecule has 0 atom stereocenters. The van der Waals surface area contributed by atoms with Gasteiger partial charge in [-0.2, -0.15) is 0 Å². The van der Waals surface area contributed by atoms with Gasteiger partial charge in [-0.25, -0.2) is 4.39 Å². The molecule has 6 heteroatoms. The van der Waals surface area contributed by atoms with Crippen LogP contribution in [0.25, 0.3) is 0 Å². The molecule has 0 N–H and O–H groups in total. The third kappa shape index (κ3) is 4.42. The zero-order chi connectivity index (χ0) is 20.2. The second kappa shape index (κ2) is 8.64. The minimum Gasteiger partial charge on any atom is -0.368 e. The van der Waals surface area contributed by atoms with Crippen molar-refractivity contribution in [2.45, 2.75) is 12.8 Å². The van der Waals surface area contributed by atoms with E-state index in [1.807, 2.05) is 23.1 Å². The third-order valence-corrected chi connectivity index (χ3v) is 5.94. The summed E-state index contributed by atoms with van der Waals surface area (Å²) in [4.78, 5) is 31.6. The molecule has 4 rings (SSSR count). The number of rotatable bonds is 3. The van der Waals surface area contributed by atoms with Crippen molar-refractivity contribution in [2.75, 3.05) is 44.2 Å². The molecular formula is C23H26FN3O2. The van der Waals surface area contributed by atoms with Crippen molar-refractivity contribution in [2.24, 2.45) is 5.92 Å². The van der Waals surface area contributed by atoms with Crippen LogP contribution >= 0.6 is 0 Å². The zero-order valence-electron chi connectivity index (χ0n) is 16.5. The quantitative estimate of drug-likeness (QED) is 0.803. The smallest absolute Gasteiger partial charge is 0.253 e. The van der Waals surface area contributed by atoms with E-state index in [4.69, 9.17) is 0 Å². The maximum Gasteiger partial charge on any atom is 0.253 e. The normalized spacial score (nSPS) is 18.0. The summed E-state index contributed by atoms with van der Waals surface area (Å²) in [6.07, 6.45) is 1.37. The average molecular weight is 395 g/mol. The molecule has 2 aromatic rings. The Labute approximate surface area is 170 Å². The van der Waals surface area contributed by atoms with Gasteiger partial charge in [0, 0.05) is 56.4 Å². The lowest BCUT2D eigenvalue weighted by Gasteiger charge is -2.39. The van der Waals surface area contributed by atoms with E-state index in [1.54, 1.807) is 4.90 Å². The van der Waals surface area contributed by atoms with E-state index in [2.05, 4.69) is 17.0 Å². The van der Waals surface area contributed by atoms with Gasteiger partial charge in [0.1, 0.15) is 5.82 Å². The Hall–Kier alpha value is -2.89. The molecule has 29 heavy (non-hydrogen) atoms. The van der Waals surface area contributed by atoms with Crippen LogP contribution in [0.5, 0.6) is 0 Å². The van der Waals surface area contributed by atoms with Gasteiger partial charge in [0.15, 0.2) is 0 Å². The number of carbonyl (C=O) groups is 2. The van der Waals surface area contributed by atoms with Crippen LogP contribution in [0.2, 0.25) is 0 Å². The van der Waals surface area contributed by atoms with Crippen LogP contribution in [0, 0.1) is 11.7 Å². The number of anilines is 1. The lowest BCUT2D eigenvalue weighted by atomic mass is 9.94. The third-order valence-electron chi connectivity index (χ3n) is 5.94. The van der Waals surface area contributed by atoms with E-state index in [0.29, 0.717) is 31.5 Å². The first kappa shape index (κ1) is 19.4. The average Bonchev–Trinajstić information content (AvgIpc) is 2.79. The number of nitrogens with zero attached hydrogens (tertiary/aromatic N) is 3. The summed E-state index contributed by atoms with van der Waals surface area (Å²) in [5.74, 6) is -0.243. The van der Waals surface area contributed by atoms with E-state index in [9.17, 15) is 14.0 Å². The largest absolute Gasteiger partial charge is 0.368 e. The Morgan fingerprint density at radius 1 is 0.759 bits per heavy atom. The van der Waals surface area contributed by atoms with Crippen LogP contribution < -0.4 is 4.90 Å². The summed E-state index contributed by atoms with van der Waals surface area (Å²) in [5, 5.41) is 0. The van der Waals surface area contributed by atoms with Crippen LogP contribution in [-0.2, 0) is 4.79 Å². The predicted octanol–water partition coefficient (Wildman–Crippen LogP) is 3.03. The highest BCUT2D eigenvalue weighted by atomic mass is 19.1. The Balaban J connectivity index is 1.27. The van der Waals surface area contributed by atoms with Gasteiger partial charge in [0.25, 0.3) is 5.91 Å². The maximum absolute atomic E-state index is 13.1. The number of piperazine rings is 1. The lowest BCUT2D eigenvalue weighted by Crippen LogP contribution is -2.52. The highest BCUT2D eigenvalue weighted by Gasteiger charge is 2.32. The van der Waals surface area contributed by atoms with Gasteiger partial charge in [-0.05, 0) is 49.2 Å². The molecule has 2 aliphatic rings. The molecule has 2 amide bonds. The van der Waals surface area contributed by atoms with E-state index >= 15 is 0 Å². The van der Waals surface area contributed by atoms with E-state index in [-0.39, 0.29) is 23.5 Å². The van der Waals surface area contributed by atoms with Gasteiger partial charge >= 0.3 is 0 Å². The number of halogens is 1. The number of benzene rings is 2. The fraction of sp³-hybridized carbons (Fsp3) is 0.391. The Morgan fingerprint density at radius 2 is 1.38 bits per heavy atom. The number of piperidine rings is 1. The zero-order valence-corrected chi connectivity index (χ0v) is 16.5. The molecular weight excluding hydrogens is 369 g/mol. The first-order valence-electron chi connectivity index (χ1n) is 10.3. The second-order valence-electron chi connectivity index (χ2n) is 7.72. The first-order chi connectivity index (χ1) is 14.1. The number of hydrogen-bond donors (Lipinski definition) is 0. The molecule has 0 saturated carbocycles. The standard InChI is InChI=1S/C23H26FN3O2/c24-20-8-6-18(7-9-20)22(28)26-12-10-19(11-13-26)23(29)27-16-14-25(15-17-27)21-4-2-1-3-5-21/h1-9,19H,10-17H2. The van der Waals surface area contributed by atoms with Gasteiger partial charge < -0.3 is 14.7 Å². The van der Waals surface area contributed by atoms with Crippen LogP contribution in [0.4, 0.5) is 10.1 Å². The predicted molar refractivity (Wildman–Crippen MR) is 110 cm³/mol. The highest BCUT2D eigenvalue weighted by Crippen LogP contribution is 2.23. The molecule has 2 aromatic carbocycles. The fourth-order valence-electron chi connectivity index (χ4n) is 4.19. The molecule has 0 radical (unpaired) electrons. The Bertz CT molecular complexity index is 840. The molecule has 2 fully saturated rings. The summed E-state index contributed by atoms with van der Waals surface area (Å²) >= 11 is 0. The number of amides is 2. The van der Waals surface area contributed by atoms with Crippen LogP contribution in [0.3, 0.4) is 0 Å². The van der Waals surface area contributed by atoms with Crippen LogP contribution in [0.1, 0.15) is 23.2 Å². The molecule has 0 spiro atoms.